The summed E-state index contributed by atoms with van der Waals surface area (Å²) in [6.07, 6.45) is 0. The van der Waals surface area contributed by atoms with Crippen LogP contribution in [0.2, 0.25) is 0 Å². The molecule has 2 aromatic rings. The van der Waals surface area contributed by atoms with Gasteiger partial charge in [0.25, 0.3) is 0 Å². The Labute approximate surface area is 106 Å². The van der Waals surface area contributed by atoms with Crippen LogP contribution in [0.1, 0.15) is 5.56 Å². The number of nitriles is 1. The molecule has 1 heterocycles. The van der Waals surface area contributed by atoms with E-state index in [1.807, 2.05) is 42.3 Å². The van der Waals surface area contributed by atoms with Crippen molar-refractivity contribution in [2.45, 2.75) is 0 Å². The maximum atomic E-state index is 8.89. The number of pyridine rings is 1. The van der Waals surface area contributed by atoms with E-state index in [9.17, 15) is 0 Å². The Hall–Kier alpha value is -2.54. The van der Waals surface area contributed by atoms with Crippen LogP contribution >= 0.6 is 0 Å². The summed E-state index contributed by atoms with van der Waals surface area (Å²) < 4.78 is 5.10. The first-order valence-electron chi connectivity index (χ1n) is 5.49. The first kappa shape index (κ1) is 11.9. The van der Waals surface area contributed by atoms with Gasteiger partial charge in [-0.05, 0) is 24.3 Å². The molecule has 0 bridgehead atoms. The molecule has 0 unspecified atom stereocenters. The summed E-state index contributed by atoms with van der Waals surface area (Å²) in [7, 11) is 3.49. The second-order valence-corrected chi connectivity index (χ2v) is 3.76. The molecular formula is C14H13N3O. The monoisotopic (exact) mass is 239 g/mol. The number of anilines is 2. The van der Waals surface area contributed by atoms with Gasteiger partial charge in [0.2, 0.25) is 5.88 Å². The molecule has 0 N–H and O–H groups in total. The predicted octanol–water partition coefficient (Wildman–Crippen LogP) is 2.73. The van der Waals surface area contributed by atoms with E-state index in [0.717, 1.165) is 11.5 Å². The van der Waals surface area contributed by atoms with Crippen LogP contribution in [0, 0.1) is 11.3 Å². The van der Waals surface area contributed by atoms with Crippen molar-refractivity contribution in [3.8, 4) is 11.9 Å². The highest BCUT2D eigenvalue weighted by Crippen LogP contribution is 2.23. The number of hydrogen-bond acceptors (Lipinski definition) is 4. The second kappa shape index (κ2) is 5.19. The van der Waals surface area contributed by atoms with Crippen molar-refractivity contribution in [2.75, 3.05) is 19.1 Å². The number of hydrogen-bond donors (Lipinski definition) is 0. The van der Waals surface area contributed by atoms with Crippen molar-refractivity contribution < 1.29 is 4.74 Å². The van der Waals surface area contributed by atoms with Crippen molar-refractivity contribution in [3.63, 3.8) is 0 Å². The van der Waals surface area contributed by atoms with Crippen LogP contribution in [-0.2, 0) is 0 Å². The smallest absolute Gasteiger partial charge is 0.214 e. The van der Waals surface area contributed by atoms with E-state index < -0.39 is 0 Å². The van der Waals surface area contributed by atoms with Gasteiger partial charge in [-0.25, -0.2) is 0 Å². The van der Waals surface area contributed by atoms with Gasteiger partial charge in [-0.1, -0.05) is 12.1 Å². The molecule has 0 aliphatic rings. The van der Waals surface area contributed by atoms with Crippen molar-refractivity contribution in [1.29, 1.82) is 5.26 Å². The third kappa shape index (κ3) is 2.41. The van der Waals surface area contributed by atoms with Gasteiger partial charge in [-0.3, -0.25) is 0 Å². The Morgan fingerprint density at radius 3 is 2.72 bits per heavy atom. The molecule has 4 nitrogen and oxygen atoms in total. The first-order chi connectivity index (χ1) is 8.74. The van der Waals surface area contributed by atoms with Crippen LogP contribution < -0.4 is 9.64 Å². The van der Waals surface area contributed by atoms with Gasteiger partial charge in [-0.2, -0.15) is 10.2 Å². The Morgan fingerprint density at radius 2 is 2.00 bits per heavy atom. The van der Waals surface area contributed by atoms with Gasteiger partial charge in [0.1, 0.15) is 5.82 Å². The summed E-state index contributed by atoms with van der Waals surface area (Å²) >= 11 is 0. The lowest BCUT2D eigenvalue weighted by Gasteiger charge is -2.18. The Bertz CT molecular complexity index is 590. The molecule has 18 heavy (non-hydrogen) atoms. The number of nitrogens with zero attached hydrogens (tertiary/aromatic N) is 3. The fraction of sp³-hybridized carbons (Fsp3) is 0.143. The molecule has 0 amide bonds. The van der Waals surface area contributed by atoms with Crippen molar-refractivity contribution in [1.82, 2.24) is 4.98 Å². The van der Waals surface area contributed by atoms with Gasteiger partial charge < -0.3 is 9.64 Å². The average Bonchev–Trinajstić information content (AvgIpc) is 2.46. The van der Waals surface area contributed by atoms with E-state index in [4.69, 9.17) is 10.00 Å². The zero-order valence-electron chi connectivity index (χ0n) is 10.3. The van der Waals surface area contributed by atoms with Crippen LogP contribution in [0.25, 0.3) is 0 Å². The largest absolute Gasteiger partial charge is 0.481 e. The molecule has 1 aromatic carbocycles. The lowest BCUT2D eigenvalue weighted by Crippen LogP contribution is -2.11. The Kier molecular flexibility index (Phi) is 3.44. The lowest BCUT2D eigenvalue weighted by atomic mass is 10.2. The molecule has 0 saturated heterocycles. The van der Waals surface area contributed by atoms with Crippen LogP contribution in [-0.4, -0.2) is 19.1 Å². The minimum Gasteiger partial charge on any atom is -0.481 e. The second-order valence-electron chi connectivity index (χ2n) is 3.76. The highest BCUT2D eigenvalue weighted by molar-refractivity contribution is 5.61. The van der Waals surface area contributed by atoms with Crippen molar-refractivity contribution in [3.05, 3.63) is 48.0 Å². The van der Waals surface area contributed by atoms with Gasteiger partial charge in [-0.15, -0.1) is 0 Å². The first-order valence-corrected chi connectivity index (χ1v) is 5.49. The third-order valence-corrected chi connectivity index (χ3v) is 2.62. The van der Waals surface area contributed by atoms with Crippen LogP contribution in [0.4, 0.5) is 11.5 Å². The number of methoxy groups -OCH3 is 1. The molecule has 0 radical (unpaired) electrons. The highest BCUT2D eigenvalue weighted by atomic mass is 16.5. The molecule has 0 fully saturated rings. The maximum absolute atomic E-state index is 8.89. The van der Waals surface area contributed by atoms with Crippen LogP contribution in [0.15, 0.2) is 42.5 Å². The minimum absolute atomic E-state index is 0.566. The van der Waals surface area contributed by atoms with Crippen LogP contribution in [0.5, 0.6) is 5.88 Å². The number of aromatic nitrogens is 1. The summed E-state index contributed by atoms with van der Waals surface area (Å²) in [6, 6.07) is 15.1. The zero-order chi connectivity index (χ0) is 13.0. The van der Waals surface area contributed by atoms with E-state index in [-0.39, 0.29) is 0 Å². The van der Waals surface area contributed by atoms with Gasteiger partial charge in [0.05, 0.1) is 18.7 Å². The van der Waals surface area contributed by atoms with E-state index in [1.165, 1.54) is 0 Å². The average molecular weight is 239 g/mol. The lowest BCUT2D eigenvalue weighted by molar-refractivity contribution is 0.398. The van der Waals surface area contributed by atoms with Crippen molar-refractivity contribution in [2.24, 2.45) is 0 Å². The maximum Gasteiger partial charge on any atom is 0.214 e. The number of rotatable bonds is 3. The van der Waals surface area contributed by atoms with Crippen molar-refractivity contribution >= 4 is 11.5 Å². The zero-order valence-corrected chi connectivity index (χ0v) is 10.3. The fourth-order valence-corrected chi connectivity index (χ4v) is 1.62. The molecule has 0 aliphatic carbocycles. The normalized spacial score (nSPS) is 9.61. The summed E-state index contributed by atoms with van der Waals surface area (Å²) in [5, 5.41) is 8.89. The molecule has 4 heteroatoms. The number of ether oxygens (including phenoxy) is 1. The molecule has 90 valence electrons. The summed E-state index contributed by atoms with van der Waals surface area (Å²) in [4.78, 5) is 6.25. The molecule has 0 spiro atoms. The molecule has 0 saturated carbocycles. The van der Waals surface area contributed by atoms with E-state index in [2.05, 4.69) is 11.1 Å². The summed E-state index contributed by atoms with van der Waals surface area (Å²) in [6.45, 7) is 0. The molecule has 0 atom stereocenters. The summed E-state index contributed by atoms with van der Waals surface area (Å²) in [5.74, 6) is 1.33. The highest BCUT2D eigenvalue weighted by Gasteiger charge is 2.06. The summed E-state index contributed by atoms with van der Waals surface area (Å²) in [5.41, 5.74) is 1.54. The third-order valence-electron chi connectivity index (χ3n) is 2.62. The van der Waals surface area contributed by atoms with Crippen LogP contribution in [0.3, 0.4) is 0 Å². The van der Waals surface area contributed by atoms with Gasteiger partial charge in [0, 0.05) is 18.8 Å². The van der Waals surface area contributed by atoms with E-state index in [0.29, 0.717) is 11.4 Å². The Morgan fingerprint density at radius 1 is 1.22 bits per heavy atom. The molecule has 0 aliphatic heterocycles. The van der Waals surface area contributed by atoms with E-state index >= 15 is 0 Å². The minimum atomic E-state index is 0.566. The molecular weight excluding hydrogens is 226 g/mol. The quantitative estimate of drug-likeness (QED) is 0.826. The fourth-order valence-electron chi connectivity index (χ4n) is 1.62. The predicted molar refractivity (Wildman–Crippen MR) is 70.0 cm³/mol. The molecule has 2 rings (SSSR count). The standard InChI is InChI=1S/C14H13N3O/c1-17(12-6-3-5-11(9-12)10-15)13-7-4-8-14(16-13)18-2/h3-9H,1-2H3. The Balaban J connectivity index is 2.35. The SMILES string of the molecule is COc1cccc(N(C)c2cccc(C#N)c2)n1. The molecule has 1 aromatic heterocycles. The number of benzene rings is 1. The van der Waals surface area contributed by atoms with E-state index in [1.54, 1.807) is 19.2 Å². The topological polar surface area (TPSA) is 49.1 Å². The van der Waals surface area contributed by atoms with Gasteiger partial charge in [0.15, 0.2) is 0 Å². The van der Waals surface area contributed by atoms with Gasteiger partial charge >= 0.3 is 0 Å².